The van der Waals surface area contributed by atoms with E-state index in [0.717, 1.165) is 19.3 Å². The molecule has 8 nitrogen and oxygen atoms in total. The Balaban J connectivity index is 1.95. The Morgan fingerprint density at radius 3 is 2.56 bits per heavy atom. The number of aliphatic hydroxyl groups excluding tert-OH is 1. The minimum absolute atomic E-state index is 0.101. The Kier molecular flexibility index (Phi) is 8.93. The molecular weight excluding hydrogens is 434 g/mol. The van der Waals surface area contributed by atoms with Gasteiger partial charge in [-0.3, -0.25) is 14.4 Å². The number of likely N-dealkylation sites (tertiary alicyclic amines) is 1. The van der Waals surface area contributed by atoms with Crippen molar-refractivity contribution in [3.05, 3.63) is 25.3 Å². The molecule has 1 spiro atoms. The van der Waals surface area contributed by atoms with Crippen LogP contribution in [0.5, 0.6) is 0 Å². The quantitative estimate of drug-likeness (QED) is 0.307. The zero-order chi connectivity index (χ0) is 24.9. The number of rotatable bonds is 14. The zero-order valence-corrected chi connectivity index (χ0v) is 20.8. The number of hydrogen-bond acceptors (Lipinski definition) is 5. The molecule has 3 fully saturated rings. The van der Waals surface area contributed by atoms with Crippen molar-refractivity contribution in [1.82, 2.24) is 14.7 Å². The molecule has 8 heteroatoms. The maximum Gasteiger partial charge on any atom is 0.248 e. The van der Waals surface area contributed by atoms with Crippen LogP contribution in [0.1, 0.15) is 51.9 Å². The third-order valence-electron chi connectivity index (χ3n) is 7.60. The molecule has 3 amide bonds. The van der Waals surface area contributed by atoms with Crippen molar-refractivity contribution in [1.29, 1.82) is 0 Å². The molecule has 0 aromatic carbocycles. The minimum Gasteiger partial charge on any atom is -0.396 e. The summed E-state index contributed by atoms with van der Waals surface area (Å²) in [5, 5.41) is 9.15. The monoisotopic (exact) mass is 475 g/mol. The highest BCUT2D eigenvalue weighted by Gasteiger charge is 2.74. The molecule has 34 heavy (non-hydrogen) atoms. The van der Waals surface area contributed by atoms with Gasteiger partial charge in [0.05, 0.1) is 17.9 Å². The average Bonchev–Trinajstić information content (AvgIpc) is 3.46. The molecule has 3 aliphatic rings. The Hall–Kier alpha value is -2.19. The molecule has 2 bridgehead atoms. The molecule has 0 aromatic heterocycles. The maximum atomic E-state index is 14.0. The van der Waals surface area contributed by atoms with Crippen LogP contribution in [-0.2, 0) is 19.1 Å². The number of carbonyl (C=O) groups excluding carboxylic acids is 3. The van der Waals surface area contributed by atoms with Crippen molar-refractivity contribution in [2.45, 2.75) is 69.6 Å². The van der Waals surface area contributed by atoms with Gasteiger partial charge in [-0.1, -0.05) is 25.5 Å². The molecule has 3 aliphatic heterocycles. The van der Waals surface area contributed by atoms with Crippen molar-refractivity contribution in [2.75, 3.05) is 39.8 Å². The van der Waals surface area contributed by atoms with E-state index in [2.05, 4.69) is 20.1 Å². The minimum atomic E-state index is -0.962. The molecule has 0 saturated carbocycles. The summed E-state index contributed by atoms with van der Waals surface area (Å²) < 4.78 is 6.49. The summed E-state index contributed by atoms with van der Waals surface area (Å²) in [6.45, 7) is 11.5. The van der Waals surface area contributed by atoms with E-state index in [-0.39, 0.29) is 30.4 Å². The summed E-state index contributed by atoms with van der Waals surface area (Å²) in [5.74, 6) is -1.60. The van der Waals surface area contributed by atoms with Crippen LogP contribution in [0.25, 0.3) is 0 Å². The largest absolute Gasteiger partial charge is 0.396 e. The van der Waals surface area contributed by atoms with Crippen LogP contribution in [0.3, 0.4) is 0 Å². The fraction of sp³-hybridized carbons (Fsp3) is 0.731. The third-order valence-corrected chi connectivity index (χ3v) is 7.60. The smallest absolute Gasteiger partial charge is 0.248 e. The molecule has 0 radical (unpaired) electrons. The molecule has 1 N–H and O–H groups in total. The number of unbranched alkanes of at least 4 members (excludes halogenated alkanes) is 3. The maximum absolute atomic E-state index is 14.0. The lowest BCUT2D eigenvalue weighted by Gasteiger charge is -2.37. The van der Waals surface area contributed by atoms with E-state index in [1.165, 1.54) is 0 Å². The lowest BCUT2D eigenvalue weighted by atomic mass is 9.70. The van der Waals surface area contributed by atoms with Crippen molar-refractivity contribution in [2.24, 2.45) is 11.8 Å². The van der Waals surface area contributed by atoms with Crippen molar-refractivity contribution in [3.8, 4) is 0 Å². The number of aliphatic hydroxyl groups is 1. The van der Waals surface area contributed by atoms with Crippen LogP contribution in [0.4, 0.5) is 0 Å². The van der Waals surface area contributed by atoms with Gasteiger partial charge in [-0.05, 0) is 38.5 Å². The van der Waals surface area contributed by atoms with E-state index in [1.807, 2.05) is 0 Å². The summed E-state index contributed by atoms with van der Waals surface area (Å²) in [6, 6.07) is -0.733. The number of amides is 3. The van der Waals surface area contributed by atoms with Crippen LogP contribution >= 0.6 is 0 Å². The Morgan fingerprint density at radius 2 is 1.91 bits per heavy atom. The molecule has 3 saturated heterocycles. The predicted molar refractivity (Wildman–Crippen MR) is 130 cm³/mol. The van der Waals surface area contributed by atoms with Crippen molar-refractivity contribution < 1.29 is 24.2 Å². The lowest BCUT2D eigenvalue weighted by molar-refractivity contribution is -0.148. The van der Waals surface area contributed by atoms with Crippen LogP contribution in [-0.4, -0.2) is 95.1 Å². The van der Waals surface area contributed by atoms with Gasteiger partial charge in [-0.2, -0.15) is 0 Å². The highest BCUT2D eigenvalue weighted by atomic mass is 16.5. The molecular formula is C26H41N3O5. The van der Waals surface area contributed by atoms with E-state index in [9.17, 15) is 14.4 Å². The molecule has 0 aliphatic carbocycles. The second-order valence-electron chi connectivity index (χ2n) is 9.81. The van der Waals surface area contributed by atoms with Crippen molar-refractivity contribution in [3.63, 3.8) is 0 Å². The summed E-state index contributed by atoms with van der Waals surface area (Å²) in [5.41, 5.74) is -0.962. The fourth-order valence-corrected chi connectivity index (χ4v) is 6.03. The Labute approximate surface area is 203 Å². The van der Waals surface area contributed by atoms with Crippen LogP contribution in [0, 0.1) is 11.8 Å². The van der Waals surface area contributed by atoms with Gasteiger partial charge in [0.1, 0.15) is 11.6 Å². The van der Waals surface area contributed by atoms with Crippen LogP contribution < -0.4 is 0 Å². The van der Waals surface area contributed by atoms with Gasteiger partial charge in [0.15, 0.2) is 0 Å². The number of hydrogen-bond donors (Lipinski definition) is 1. The van der Waals surface area contributed by atoms with Gasteiger partial charge in [0, 0.05) is 39.8 Å². The van der Waals surface area contributed by atoms with Gasteiger partial charge in [-0.25, -0.2) is 0 Å². The summed E-state index contributed by atoms with van der Waals surface area (Å²) >= 11 is 0. The zero-order valence-electron chi connectivity index (χ0n) is 20.8. The van der Waals surface area contributed by atoms with Gasteiger partial charge in [-0.15, -0.1) is 13.2 Å². The highest BCUT2D eigenvalue weighted by molar-refractivity contribution is 5.99. The standard InChI is InChI=1S/C26H41N3O5/c1-5-8-16-28(15-7-3)25(33)22-26-13-12-19(34-26)20(23(31)27(4)14-6-2)21(26)24(32)29(22)17-10-9-11-18-30/h6-7,19-22,30H,2-3,5,8-18H2,1,4H3/t19-,20+,21-,22?,26?/m0/s1. The predicted octanol–water partition coefficient (Wildman–Crippen LogP) is 1.98. The van der Waals surface area contributed by atoms with Gasteiger partial charge in [0.2, 0.25) is 17.7 Å². The summed E-state index contributed by atoms with van der Waals surface area (Å²) in [6.07, 6.45) is 8.23. The first-order chi connectivity index (χ1) is 16.4. The molecule has 3 heterocycles. The van der Waals surface area contributed by atoms with E-state index >= 15 is 0 Å². The van der Waals surface area contributed by atoms with E-state index < -0.39 is 23.5 Å². The van der Waals surface area contributed by atoms with E-state index in [1.54, 1.807) is 33.9 Å². The van der Waals surface area contributed by atoms with E-state index in [0.29, 0.717) is 51.9 Å². The third kappa shape index (κ3) is 4.67. The van der Waals surface area contributed by atoms with Crippen molar-refractivity contribution >= 4 is 17.7 Å². The number of carbonyl (C=O) groups is 3. The average molecular weight is 476 g/mol. The molecule has 5 atom stereocenters. The lowest BCUT2D eigenvalue weighted by Crippen LogP contribution is -2.56. The normalized spacial score (nSPS) is 29.3. The second-order valence-corrected chi connectivity index (χ2v) is 9.81. The molecule has 0 aromatic rings. The first-order valence-corrected chi connectivity index (χ1v) is 12.7. The van der Waals surface area contributed by atoms with Gasteiger partial charge in [0.25, 0.3) is 0 Å². The van der Waals surface area contributed by atoms with Crippen LogP contribution in [0.2, 0.25) is 0 Å². The first kappa shape index (κ1) is 26.4. The van der Waals surface area contributed by atoms with Gasteiger partial charge < -0.3 is 24.5 Å². The summed E-state index contributed by atoms with van der Waals surface area (Å²) in [7, 11) is 1.72. The van der Waals surface area contributed by atoms with E-state index in [4.69, 9.17) is 9.84 Å². The highest BCUT2D eigenvalue weighted by Crippen LogP contribution is 2.58. The fourth-order valence-electron chi connectivity index (χ4n) is 6.03. The Bertz CT molecular complexity index is 786. The number of ether oxygens (including phenoxy) is 1. The molecule has 190 valence electrons. The first-order valence-electron chi connectivity index (χ1n) is 12.7. The molecule has 3 rings (SSSR count). The number of likely N-dealkylation sites (N-methyl/N-ethyl adjacent to an activating group) is 1. The SMILES string of the molecule is C=CCN(C)C(=O)[C@@H]1[C@@H]2CCC3(O2)C(C(=O)N(CC=C)CCCC)N(CCCCCO)C(=O)[C@H]13. The van der Waals surface area contributed by atoms with Crippen LogP contribution in [0.15, 0.2) is 25.3 Å². The summed E-state index contributed by atoms with van der Waals surface area (Å²) in [4.78, 5) is 46.2. The number of fused-ring (bicyclic) bond motifs is 1. The Morgan fingerprint density at radius 1 is 1.18 bits per heavy atom. The molecule has 2 unspecified atom stereocenters. The topological polar surface area (TPSA) is 90.4 Å². The second kappa shape index (κ2) is 11.5. The van der Waals surface area contributed by atoms with Gasteiger partial charge >= 0.3 is 0 Å². The number of nitrogens with zero attached hydrogens (tertiary/aromatic N) is 3.